The minimum atomic E-state index is -1.02. The third kappa shape index (κ3) is 33.8. The lowest BCUT2D eigenvalue weighted by Gasteiger charge is -2.15. The highest BCUT2D eigenvalue weighted by molar-refractivity contribution is 5.83. The third-order valence-corrected chi connectivity index (χ3v) is 8.91. The number of unbranched alkanes of at least 4 members (excludes halogenated alkanes) is 18. The first-order chi connectivity index (χ1) is 23.9. The van der Waals surface area contributed by atoms with E-state index in [0.717, 1.165) is 57.8 Å². The van der Waals surface area contributed by atoms with E-state index in [1.54, 1.807) is 0 Å². The molecule has 2 atom stereocenters. The monoisotopic (exact) mass is 689 g/mol. The van der Waals surface area contributed by atoms with Crippen LogP contribution in [0.15, 0.2) is 36.5 Å². The minimum absolute atomic E-state index is 0.0990. The quantitative estimate of drug-likeness (QED) is 0.0342. The van der Waals surface area contributed by atoms with Crippen LogP contribution in [0.2, 0.25) is 0 Å². The normalized spacial score (nSPS) is 13.0. The van der Waals surface area contributed by atoms with Crippen LogP contribution >= 0.6 is 0 Å². The molecule has 0 saturated carbocycles. The van der Waals surface area contributed by atoms with Crippen molar-refractivity contribution in [3.63, 3.8) is 0 Å². The molecule has 0 rings (SSSR count). The van der Waals surface area contributed by atoms with Gasteiger partial charge < -0.3 is 20.9 Å². The van der Waals surface area contributed by atoms with E-state index in [9.17, 15) is 19.5 Å². The van der Waals surface area contributed by atoms with Crippen LogP contribution in [0.1, 0.15) is 194 Å². The van der Waals surface area contributed by atoms with E-state index in [4.69, 9.17) is 10.5 Å². The molecule has 0 saturated heterocycles. The highest BCUT2D eigenvalue weighted by Gasteiger charge is 2.19. The zero-order valence-corrected chi connectivity index (χ0v) is 31.8. The second-order valence-corrected chi connectivity index (χ2v) is 13.7. The Morgan fingerprint density at radius 1 is 0.612 bits per heavy atom. The predicted octanol–water partition coefficient (Wildman–Crippen LogP) is 11.1. The van der Waals surface area contributed by atoms with Crippen molar-refractivity contribution < 1.29 is 24.2 Å². The molecule has 0 aliphatic rings. The maximum absolute atomic E-state index is 12.7. The first kappa shape index (κ1) is 46.6. The summed E-state index contributed by atoms with van der Waals surface area (Å²) < 4.78 is 5.89. The van der Waals surface area contributed by atoms with Crippen LogP contribution in [0.25, 0.3) is 0 Å². The molecule has 0 fully saturated rings. The zero-order chi connectivity index (χ0) is 36.0. The fraction of sp³-hybridized carbons (Fsp3) is 0.786. The lowest BCUT2D eigenvalue weighted by Crippen LogP contribution is -2.40. The van der Waals surface area contributed by atoms with Crippen molar-refractivity contribution >= 4 is 17.8 Å². The Morgan fingerprint density at radius 2 is 1.12 bits per heavy atom. The Morgan fingerprint density at radius 3 is 1.69 bits per heavy atom. The van der Waals surface area contributed by atoms with Gasteiger partial charge in [0.15, 0.2) is 0 Å². The molecule has 7 nitrogen and oxygen atoms in total. The highest BCUT2D eigenvalue weighted by atomic mass is 16.5. The summed E-state index contributed by atoms with van der Waals surface area (Å²) >= 11 is 0. The van der Waals surface area contributed by atoms with E-state index < -0.39 is 12.0 Å². The van der Waals surface area contributed by atoms with Gasteiger partial charge in [-0.25, -0.2) is 4.79 Å². The van der Waals surface area contributed by atoms with Gasteiger partial charge in [-0.3, -0.25) is 9.59 Å². The molecule has 0 aromatic rings. The first-order valence-electron chi connectivity index (χ1n) is 20.3. The van der Waals surface area contributed by atoms with Gasteiger partial charge in [0, 0.05) is 12.8 Å². The van der Waals surface area contributed by atoms with Gasteiger partial charge in [-0.15, -0.1) is 0 Å². The number of esters is 1. The number of nitrogens with one attached hydrogen (secondary N) is 1. The molecular formula is C42H76N2O5. The van der Waals surface area contributed by atoms with Crippen molar-refractivity contribution in [2.24, 2.45) is 5.73 Å². The van der Waals surface area contributed by atoms with E-state index in [1.807, 2.05) is 0 Å². The molecular weight excluding hydrogens is 612 g/mol. The maximum Gasteiger partial charge on any atom is 0.326 e. The molecule has 0 radical (unpaired) electrons. The van der Waals surface area contributed by atoms with Crippen molar-refractivity contribution in [1.82, 2.24) is 5.32 Å². The molecule has 49 heavy (non-hydrogen) atoms. The Bertz CT molecular complexity index is 869. The molecule has 4 N–H and O–H groups in total. The molecule has 0 aliphatic heterocycles. The number of carboxylic acid groups (broad SMARTS) is 1. The molecule has 284 valence electrons. The van der Waals surface area contributed by atoms with Crippen molar-refractivity contribution in [2.45, 2.75) is 206 Å². The summed E-state index contributed by atoms with van der Waals surface area (Å²) in [7, 11) is 0. The molecule has 0 aromatic carbocycles. The summed E-state index contributed by atoms with van der Waals surface area (Å²) in [4.78, 5) is 36.2. The Balaban J connectivity index is 4.16. The van der Waals surface area contributed by atoms with Crippen LogP contribution in [0.5, 0.6) is 0 Å². The molecule has 0 bridgehead atoms. The number of nitrogens with two attached hydrogens (primary N) is 1. The van der Waals surface area contributed by atoms with Crippen molar-refractivity contribution in [1.29, 1.82) is 0 Å². The molecule has 2 unspecified atom stereocenters. The van der Waals surface area contributed by atoms with Crippen LogP contribution < -0.4 is 11.1 Å². The Kier molecular flexibility index (Phi) is 35.0. The number of allylic oxidation sites excluding steroid dienone is 5. The summed E-state index contributed by atoms with van der Waals surface area (Å²) in [6, 6.07) is -0.870. The van der Waals surface area contributed by atoms with Crippen LogP contribution in [-0.2, 0) is 19.1 Å². The number of carbonyl (C=O) groups excluding carboxylic acids is 2. The van der Waals surface area contributed by atoms with E-state index in [-0.39, 0.29) is 18.0 Å². The van der Waals surface area contributed by atoms with E-state index in [2.05, 4.69) is 55.6 Å². The number of ether oxygens (including phenoxy) is 1. The molecule has 0 aromatic heterocycles. The van der Waals surface area contributed by atoms with Crippen molar-refractivity contribution in [3.05, 3.63) is 36.5 Å². The predicted molar refractivity (Wildman–Crippen MR) is 207 cm³/mol. The van der Waals surface area contributed by atoms with Gasteiger partial charge in [0.25, 0.3) is 0 Å². The second kappa shape index (κ2) is 36.9. The van der Waals surface area contributed by atoms with Crippen LogP contribution in [-0.4, -0.2) is 41.6 Å². The molecule has 0 spiro atoms. The zero-order valence-electron chi connectivity index (χ0n) is 31.8. The van der Waals surface area contributed by atoms with Crippen molar-refractivity contribution in [3.8, 4) is 0 Å². The number of carbonyl (C=O) groups is 3. The number of hydrogen-bond donors (Lipinski definition) is 3. The molecule has 0 heterocycles. The van der Waals surface area contributed by atoms with Gasteiger partial charge in [-0.1, -0.05) is 128 Å². The van der Waals surface area contributed by atoms with Crippen LogP contribution in [0.3, 0.4) is 0 Å². The van der Waals surface area contributed by atoms with E-state index >= 15 is 0 Å². The molecule has 0 aliphatic carbocycles. The van der Waals surface area contributed by atoms with Crippen LogP contribution in [0.4, 0.5) is 0 Å². The second-order valence-electron chi connectivity index (χ2n) is 13.7. The van der Waals surface area contributed by atoms with E-state index in [0.29, 0.717) is 38.6 Å². The largest absolute Gasteiger partial charge is 0.480 e. The van der Waals surface area contributed by atoms with Gasteiger partial charge in [0.2, 0.25) is 5.91 Å². The lowest BCUT2D eigenvalue weighted by atomic mass is 10.1. The molecule has 1 amide bonds. The summed E-state index contributed by atoms with van der Waals surface area (Å²) in [5.74, 6) is -1.34. The number of hydrogen-bond acceptors (Lipinski definition) is 5. The summed E-state index contributed by atoms with van der Waals surface area (Å²) in [5.41, 5.74) is 5.47. The highest BCUT2D eigenvalue weighted by Crippen LogP contribution is 2.15. The summed E-state index contributed by atoms with van der Waals surface area (Å²) in [5, 5.41) is 11.9. The van der Waals surface area contributed by atoms with Gasteiger partial charge >= 0.3 is 11.9 Å². The molecule has 7 heteroatoms. The fourth-order valence-corrected chi connectivity index (χ4v) is 5.80. The number of aliphatic carboxylic acids is 1. The Labute approximate surface area is 301 Å². The van der Waals surface area contributed by atoms with Crippen LogP contribution in [0, 0.1) is 0 Å². The number of carboxylic acids is 1. The maximum atomic E-state index is 12.7. The third-order valence-electron chi connectivity index (χ3n) is 8.91. The standard InChI is InChI=1S/C42H76N2O5/c1-3-5-7-9-11-12-13-14-15-16-17-18-19-20-21-22-24-30-36-41(46)49-38(32-27-23-10-8-6-4-2)33-28-25-26-29-35-40(45)44-39(42(47)48)34-31-37-43/h12-13,15-16,27,32,38-39H,3-11,14,17-26,28-31,33-37,43H2,1-2H3,(H,44,45)(H,47,48)/b13-12-,16-15-,32-27-. The van der Waals surface area contributed by atoms with Gasteiger partial charge in [0.1, 0.15) is 12.1 Å². The summed E-state index contributed by atoms with van der Waals surface area (Å²) in [6.45, 7) is 4.87. The average molecular weight is 689 g/mol. The topological polar surface area (TPSA) is 119 Å². The summed E-state index contributed by atoms with van der Waals surface area (Å²) in [6.07, 6.45) is 42.1. The van der Waals surface area contributed by atoms with Gasteiger partial charge in [0.05, 0.1) is 0 Å². The minimum Gasteiger partial charge on any atom is -0.480 e. The average Bonchev–Trinajstić information content (AvgIpc) is 3.08. The van der Waals surface area contributed by atoms with Gasteiger partial charge in [-0.05, 0) is 96.1 Å². The van der Waals surface area contributed by atoms with E-state index in [1.165, 1.54) is 89.9 Å². The number of amides is 1. The lowest BCUT2D eigenvalue weighted by molar-refractivity contribution is -0.147. The number of rotatable bonds is 36. The first-order valence-corrected chi connectivity index (χ1v) is 20.3. The smallest absolute Gasteiger partial charge is 0.326 e. The van der Waals surface area contributed by atoms with Crippen molar-refractivity contribution in [2.75, 3.05) is 6.54 Å². The fourth-order valence-electron chi connectivity index (χ4n) is 5.80. The SMILES string of the molecule is CCCCCC/C=C\C/C=C\CCCCCCCCCC(=O)OC(/C=C\CCCCCC)CCCCCCC(=O)NC(CCCN)C(=O)O. The Hall–Kier alpha value is -2.41. The van der Waals surface area contributed by atoms with Gasteiger partial charge in [-0.2, -0.15) is 0 Å².